The van der Waals surface area contributed by atoms with Crippen molar-refractivity contribution < 1.29 is 14.3 Å². The molecule has 1 N–H and O–H groups in total. The van der Waals surface area contributed by atoms with Gasteiger partial charge in [0.2, 0.25) is 5.91 Å². The molecule has 1 amide bonds. The molecule has 0 radical (unpaired) electrons. The quantitative estimate of drug-likeness (QED) is 0.300. The van der Waals surface area contributed by atoms with Crippen molar-refractivity contribution in [2.45, 2.75) is 45.1 Å². The van der Waals surface area contributed by atoms with Crippen LogP contribution in [0.15, 0.2) is 4.99 Å². The summed E-state index contributed by atoms with van der Waals surface area (Å²) < 4.78 is 4.65. The molecule has 2 aliphatic heterocycles. The normalized spacial score (nSPS) is 19.9. The van der Waals surface area contributed by atoms with Crippen molar-refractivity contribution in [3.05, 3.63) is 0 Å². The standard InChI is InChI=1S/C19H35N5O3/c1-16(18(26)23-10-6-7-11-23)22-12-14-24(15-13-22)19(20-2)21-9-5-4-8-17(25)27-3/h16H,4-15H2,1-3H3,(H,20,21). The van der Waals surface area contributed by atoms with Crippen LogP contribution in [0.4, 0.5) is 0 Å². The van der Waals surface area contributed by atoms with Gasteiger partial charge in [0.25, 0.3) is 0 Å². The SMILES string of the molecule is CN=C(NCCCCC(=O)OC)N1CCN(C(C)C(=O)N2CCCC2)CC1. The summed E-state index contributed by atoms with van der Waals surface area (Å²) in [5.41, 5.74) is 0. The molecule has 8 heteroatoms. The van der Waals surface area contributed by atoms with Crippen LogP contribution >= 0.6 is 0 Å². The van der Waals surface area contributed by atoms with Crippen LogP contribution in [0.2, 0.25) is 0 Å². The Balaban J connectivity index is 1.69. The number of piperazine rings is 1. The van der Waals surface area contributed by atoms with E-state index in [9.17, 15) is 9.59 Å². The number of carbonyl (C=O) groups is 2. The monoisotopic (exact) mass is 381 g/mol. The summed E-state index contributed by atoms with van der Waals surface area (Å²) in [6.07, 6.45) is 4.43. The lowest BCUT2D eigenvalue weighted by Gasteiger charge is -2.39. The van der Waals surface area contributed by atoms with Crippen LogP contribution in [-0.2, 0) is 14.3 Å². The molecule has 2 rings (SSSR count). The number of rotatable bonds is 7. The van der Waals surface area contributed by atoms with Crippen LogP contribution in [0.3, 0.4) is 0 Å². The van der Waals surface area contributed by atoms with Gasteiger partial charge < -0.3 is 19.9 Å². The smallest absolute Gasteiger partial charge is 0.305 e. The van der Waals surface area contributed by atoms with E-state index in [-0.39, 0.29) is 17.9 Å². The van der Waals surface area contributed by atoms with Crippen molar-refractivity contribution in [1.29, 1.82) is 0 Å². The van der Waals surface area contributed by atoms with Gasteiger partial charge in [0.05, 0.1) is 13.2 Å². The van der Waals surface area contributed by atoms with E-state index in [0.29, 0.717) is 6.42 Å². The number of hydrogen-bond donors (Lipinski definition) is 1. The number of carbonyl (C=O) groups excluding carboxylic acids is 2. The Morgan fingerprint density at radius 2 is 1.70 bits per heavy atom. The maximum Gasteiger partial charge on any atom is 0.305 e. The third-order valence-electron chi connectivity index (χ3n) is 5.47. The highest BCUT2D eigenvalue weighted by Gasteiger charge is 2.30. The summed E-state index contributed by atoms with van der Waals surface area (Å²) in [5.74, 6) is 1.01. The summed E-state index contributed by atoms with van der Waals surface area (Å²) in [4.78, 5) is 34.6. The Labute approximate surface area is 162 Å². The summed E-state index contributed by atoms with van der Waals surface area (Å²) in [5, 5.41) is 3.37. The third-order valence-corrected chi connectivity index (χ3v) is 5.47. The maximum absolute atomic E-state index is 12.6. The van der Waals surface area contributed by atoms with E-state index in [1.165, 1.54) is 7.11 Å². The lowest BCUT2D eigenvalue weighted by atomic mass is 10.2. The highest BCUT2D eigenvalue weighted by molar-refractivity contribution is 5.82. The van der Waals surface area contributed by atoms with Crippen molar-refractivity contribution in [2.75, 3.05) is 60.0 Å². The second-order valence-electron chi connectivity index (χ2n) is 7.24. The maximum atomic E-state index is 12.6. The summed E-state index contributed by atoms with van der Waals surface area (Å²) >= 11 is 0. The second-order valence-corrected chi connectivity index (χ2v) is 7.24. The molecule has 0 spiro atoms. The largest absolute Gasteiger partial charge is 0.469 e. The lowest BCUT2D eigenvalue weighted by molar-refractivity contribution is -0.140. The molecular formula is C19H35N5O3. The van der Waals surface area contributed by atoms with Crippen molar-refractivity contribution in [3.8, 4) is 0 Å². The number of guanidine groups is 1. The minimum atomic E-state index is -0.159. The van der Waals surface area contributed by atoms with E-state index in [0.717, 1.165) is 77.5 Å². The average Bonchev–Trinajstić information content (AvgIpc) is 3.24. The third kappa shape index (κ3) is 6.37. The predicted molar refractivity (Wildman–Crippen MR) is 106 cm³/mol. The number of nitrogens with zero attached hydrogens (tertiary/aromatic N) is 4. The fourth-order valence-electron chi connectivity index (χ4n) is 3.71. The number of ether oxygens (including phenoxy) is 1. The van der Waals surface area contributed by atoms with E-state index in [2.05, 4.69) is 24.8 Å². The zero-order valence-electron chi connectivity index (χ0n) is 17.1. The zero-order valence-corrected chi connectivity index (χ0v) is 17.1. The summed E-state index contributed by atoms with van der Waals surface area (Å²) in [6, 6.07) is -0.0430. The number of hydrogen-bond acceptors (Lipinski definition) is 5. The van der Waals surface area contributed by atoms with Crippen molar-refractivity contribution >= 4 is 17.8 Å². The first-order valence-corrected chi connectivity index (χ1v) is 10.1. The Kier molecular flexibility index (Phi) is 8.84. The fourth-order valence-corrected chi connectivity index (χ4v) is 3.71. The molecule has 2 heterocycles. The first-order valence-electron chi connectivity index (χ1n) is 10.1. The van der Waals surface area contributed by atoms with Crippen LogP contribution in [-0.4, -0.2) is 98.5 Å². The van der Waals surface area contributed by atoms with Gasteiger partial charge in [-0.3, -0.25) is 19.5 Å². The van der Waals surface area contributed by atoms with Crippen molar-refractivity contribution in [3.63, 3.8) is 0 Å². The van der Waals surface area contributed by atoms with E-state index in [4.69, 9.17) is 0 Å². The first-order chi connectivity index (χ1) is 13.1. The zero-order chi connectivity index (χ0) is 19.6. The molecule has 0 aliphatic carbocycles. The number of methoxy groups -OCH3 is 1. The molecule has 0 aromatic rings. The molecule has 2 saturated heterocycles. The molecule has 2 fully saturated rings. The van der Waals surface area contributed by atoms with Gasteiger partial charge in [-0.05, 0) is 32.6 Å². The molecule has 154 valence electrons. The molecule has 0 aromatic heterocycles. The number of amides is 1. The molecule has 0 saturated carbocycles. The fraction of sp³-hybridized carbons (Fsp3) is 0.842. The van der Waals surface area contributed by atoms with Gasteiger partial charge in [-0.15, -0.1) is 0 Å². The number of likely N-dealkylation sites (tertiary alicyclic amines) is 1. The summed E-state index contributed by atoms with van der Waals surface area (Å²) in [6.45, 7) is 8.09. The molecule has 8 nitrogen and oxygen atoms in total. The molecule has 27 heavy (non-hydrogen) atoms. The van der Waals surface area contributed by atoms with Crippen LogP contribution < -0.4 is 5.32 Å². The number of nitrogens with one attached hydrogen (secondary N) is 1. The Morgan fingerprint density at radius 1 is 1.04 bits per heavy atom. The summed E-state index contributed by atoms with van der Waals surface area (Å²) in [7, 11) is 3.21. The second kappa shape index (κ2) is 11.1. The predicted octanol–water partition coefficient (Wildman–Crippen LogP) is 0.534. The first kappa shape index (κ1) is 21.5. The van der Waals surface area contributed by atoms with Gasteiger partial charge in [0.15, 0.2) is 5.96 Å². The van der Waals surface area contributed by atoms with Crippen LogP contribution in [0.1, 0.15) is 39.0 Å². The van der Waals surface area contributed by atoms with Gasteiger partial charge in [-0.1, -0.05) is 0 Å². The Morgan fingerprint density at radius 3 is 2.30 bits per heavy atom. The van der Waals surface area contributed by atoms with Gasteiger partial charge in [0, 0.05) is 59.3 Å². The van der Waals surface area contributed by atoms with Gasteiger partial charge >= 0.3 is 5.97 Å². The molecule has 0 aromatic carbocycles. The van der Waals surface area contributed by atoms with E-state index >= 15 is 0 Å². The topological polar surface area (TPSA) is 77.5 Å². The minimum Gasteiger partial charge on any atom is -0.469 e. The molecule has 1 atom stereocenters. The van der Waals surface area contributed by atoms with Crippen LogP contribution in [0, 0.1) is 0 Å². The van der Waals surface area contributed by atoms with E-state index in [1.54, 1.807) is 7.05 Å². The molecule has 2 aliphatic rings. The molecule has 0 bridgehead atoms. The van der Waals surface area contributed by atoms with E-state index < -0.39 is 0 Å². The minimum absolute atomic E-state index is 0.0430. The van der Waals surface area contributed by atoms with Gasteiger partial charge in [0.1, 0.15) is 0 Å². The number of esters is 1. The highest BCUT2D eigenvalue weighted by Crippen LogP contribution is 2.14. The van der Waals surface area contributed by atoms with E-state index in [1.807, 2.05) is 11.8 Å². The van der Waals surface area contributed by atoms with Crippen LogP contribution in [0.5, 0.6) is 0 Å². The van der Waals surface area contributed by atoms with Crippen LogP contribution in [0.25, 0.3) is 0 Å². The number of unbranched alkanes of at least 4 members (excludes halogenated alkanes) is 1. The Bertz CT molecular complexity index is 511. The van der Waals surface area contributed by atoms with Crippen molar-refractivity contribution in [1.82, 2.24) is 20.0 Å². The lowest BCUT2D eigenvalue weighted by Crippen LogP contribution is -2.57. The highest BCUT2D eigenvalue weighted by atomic mass is 16.5. The molecular weight excluding hydrogens is 346 g/mol. The Hall–Kier alpha value is -1.83. The average molecular weight is 382 g/mol. The molecule has 1 unspecified atom stereocenters. The number of aliphatic imine (C=N–C) groups is 1. The van der Waals surface area contributed by atoms with Crippen molar-refractivity contribution in [2.24, 2.45) is 4.99 Å². The van der Waals surface area contributed by atoms with Gasteiger partial charge in [-0.2, -0.15) is 0 Å². The van der Waals surface area contributed by atoms with Gasteiger partial charge in [-0.25, -0.2) is 0 Å².